The van der Waals surface area contributed by atoms with Crippen LogP contribution in [-0.4, -0.2) is 0 Å². The van der Waals surface area contributed by atoms with Crippen molar-refractivity contribution >= 4 is 0 Å². The molecule has 0 saturated heterocycles. The average Bonchev–Trinajstić information content (AvgIpc) is 2.21. The normalized spacial score (nSPS) is 22.1. The Morgan fingerprint density at radius 3 is 2.67 bits per heavy atom. The number of alkyl halides is 2. The summed E-state index contributed by atoms with van der Waals surface area (Å²) in [6.07, 6.45) is 0.245. The fourth-order valence-electron chi connectivity index (χ4n) is 1.97. The molecule has 1 unspecified atom stereocenters. The number of halogens is 3. The van der Waals surface area contributed by atoms with Gasteiger partial charge < -0.3 is 0 Å². The average molecular weight is 456 g/mol. The summed E-state index contributed by atoms with van der Waals surface area (Å²) in [4.78, 5) is 0. The largest absolute Gasteiger partial charge is 0.237 e. The van der Waals surface area contributed by atoms with E-state index in [2.05, 4.69) is 6.07 Å². The summed E-state index contributed by atoms with van der Waals surface area (Å²) in [6, 6.07) is 3.89. The number of hydrogen-bond donors (Lipinski definition) is 0. The van der Waals surface area contributed by atoms with Crippen LogP contribution in [0, 0.1) is 24.7 Å². The molecule has 0 saturated carbocycles. The molecule has 1 aliphatic carbocycles. The molecule has 15 heavy (non-hydrogen) atoms. The van der Waals surface area contributed by atoms with Gasteiger partial charge in [0.1, 0.15) is 0 Å². The van der Waals surface area contributed by atoms with Crippen molar-refractivity contribution in [3.05, 3.63) is 34.6 Å². The summed E-state index contributed by atoms with van der Waals surface area (Å²) in [5, 5.41) is 0. The number of benzene rings is 1. The first-order chi connectivity index (χ1) is 6.43. The molecule has 0 radical (unpaired) electrons. The van der Waals surface area contributed by atoms with E-state index in [1.54, 1.807) is 13.0 Å². The second-order valence-corrected chi connectivity index (χ2v) is 3.89. The molecule has 0 aromatic heterocycles. The van der Waals surface area contributed by atoms with Crippen LogP contribution in [0.4, 0.5) is 13.2 Å². The zero-order valence-electron chi connectivity index (χ0n) is 8.28. The second-order valence-electron chi connectivity index (χ2n) is 3.89. The van der Waals surface area contributed by atoms with Gasteiger partial charge in [0.2, 0.25) is 5.92 Å². The van der Waals surface area contributed by atoms with E-state index in [4.69, 9.17) is 0 Å². The quantitative estimate of drug-likeness (QED) is 0.527. The molecule has 0 heterocycles. The molecule has 0 spiro atoms. The minimum Gasteiger partial charge on any atom is -0.236 e. The van der Waals surface area contributed by atoms with Crippen LogP contribution >= 0.6 is 0 Å². The molecule has 88 valence electrons. The van der Waals surface area contributed by atoms with Crippen LogP contribution in [0.1, 0.15) is 23.6 Å². The van der Waals surface area contributed by atoms with Gasteiger partial charge in [-0.1, -0.05) is 13.8 Å². The first kappa shape index (κ1) is 11.1. The Labute approximate surface area is 80.7 Å². The summed E-state index contributed by atoms with van der Waals surface area (Å²) in [5.41, 5.74) is 0.554. The van der Waals surface area contributed by atoms with Gasteiger partial charge in [-0.3, -0.25) is 0 Å². The van der Waals surface area contributed by atoms with Gasteiger partial charge in [-0.2, -0.15) is 11.6 Å². The van der Waals surface area contributed by atoms with Crippen molar-refractivity contribution in [3.63, 3.8) is 0 Å². The van der Waals surface area contributed by atoms with E-state index >= 15 is 0 Å². The number of aryl methyl sites for hydroxylation is 1. The van der Waals surface area contributed by atoms with Gasteiger partial charge in [-0.25, -0.2) is 13.2 Å². The van der Waals surface area contributed by atoms with E-state index in [0.717, 1.165) is 0 Å². The van der Waals surface area contributed by atoms with E-state index in [9.17, 15) is 13.2 Å². The molecule has 0 N–H and O–H groups in total. The first-order valence-corrected chi connectivity index (χ1v) is 4.52. The molecule has 0 nitrogen and oxygen atoms in total. The van der Waals surface area contributed by atoms with E-state index in [1.165, 1.54) is 6.92 Å². The third kappa shape index (κ3) is 1.34. The molecule has 0 fully saturated rings. The van der Waals surface area contributed by atoms with Crippen LogP contribution in [0.5, 0.6) is 0 Å². The maximum Gasteiger partial charge on any atom is 0.237 e. The van der Waals surface area contributed by atoms with Gasteiger partial charge in [0.25, 0.3) is 0 Å². The molecule has 0 amide bonds. The van der Waals surface area contributed by atoms with Gasteiger partial charge in [-0.15, -0.1) is 11.6 Å². The Hall–Kier alpha value is -1.99. The zero-order chi connectivity index (χ0) is 10.5. The Bertz CT molecular complexity index is 388. The van der Waals surface area contributed by atoms with Crippen molar-refractivity contribution in [1.29, 1.82) is 0 Å². The monoisotopic (exact) mass is 456 g/mol. The molecule has 2 rings (SSSR count). The zero-order valence-corrected chi connectivity index (χ0v) is 10.7. The Kier molecular flexibility index (Phi) is 2.22. The van der Waals surface area contributed by atoms with Gasteiger partial charge in [-0.05, 0) is 12.0 Å². The molecular weight excluding hydrogens is 446 g/mol. The maximum absolute atomic E-state index is 13.5. The Morgan fingerprint density at radius 2 is 2.07 bits per heavy atom. The molecule has 1 aliphatic rings. The van der Waals surface area contributed by atoms with Crippen LogP contribution in [-0.2, 0) is 12.3 Å². The number of hydrogen-bond acceptors (Lipinski definition) is 0. The molecule has 0 bridgehead atoms. The van der Waals surface area contributed by atoms with Crippen LogP contribution in [0.15, 0.2) is 6.07 Å². The van der Waals surface area contributed by atoms with Crippen LogP contribution in [0.25, 0.3) is 0 Å². The van der Waals surface area contributed by atoms with Crippen molar-refractivity contribution in [3.8, 4) is 0 Å². The Balaban J connectivity index is 0.00000112. The fraction of sp³-hybridized carbons (Fsp3) is 0.455. The third-order valence-electron chi connectivity index (χ3n) is 2.72. The standard InChI is InChI=1S/C11H10F3.Fm/c1-6-3-8-5-7(2)11(13,14)10(8)9(12)4-6;/h3,7H,5H2,1-2H3;/q-1;. The Morgan fingerprint density at radius 1 is 1.47 bits per heavy atom. The minimum atomic E-state index is -3.04. The van der Waals surface area contributed by atoms with Gasteiger partial charge >= 0.3 is 0 Å². The predicted octanol–water partition coefficient (Wildman–Crippen LogP) is 3.22. The van der Waals surface area contributed by atoms with E-state index in [-0.39, 0.29) is 6.42 Å². The summed E-state index contributed by atoms with van der Waals surface area (Å²) >= 11 is 0. The summed E-state index contributed by atoms with van der Waals surface area (Å²) < 4.78 is 40.2. The van der Waals surface area contributed by atoms with E-state index in [0.29, 0.717) is 11.1 Å². The SMILES string of the molecule is Cc1[c-]c(F)c2c(c1)CC(C)C2(F)F.[Fm]. The third-order valence-corrected chi connectivity index (χ3v) is 2.72. The number of rotatable bonds is 0. The van der Waals surface area contributed by atoms with Crippen molar-refractivity contribution in [2.24, 2.45) is 5.92 Å². The molecule has 1 aromatic rings. The second kappa shape index (κ2) is 3.01. The predicted molar refractivity (Wildman–Crippen MR) is 46.7 cm³/mol. The van der Waals surface area contributed by atoms with Crippen LogP contribution in [0.2, 0.25) is 0 Å². The summed E-state index contributed by atoms with van der Waals surface area (Å²) in [6.45, 7) is 3.10. The smallest absolute Gasteiger partial charge is 0.236 e. The molecular formula is C11H10F3Fm-. The summed E-state index contributed by atoms with van der Waals surface area (Å²) in [7, 11) is 0. The van der Waals surface area contributed by atoms with Crippen molar-refractivity contribution in [2.45, 2.75) is 26.2 Å². The summed E-state index contributed by atoms with van der Waals surface area (Å²) in [5.74, 6) is -4.75. The molecule has 4 heteroatoms. The maximum atomic E-state index is 13.5. The van der Waals surface area contributed by atoms with Crippen molar-refractivity contribution in [2.75, 3.05) is 0 Å². The molecule has 1 atom stereocenters. The minimum absolute atomic E-state index is 0. The molecule has 1 aromatic carbocycles. The van der Waals surface area contributed by atoms with E-state index < -0.39 is 23.2 Å². The first-order valence-electron chi connectivity index (χ1n) is 4.52. The van der Waals surface area contributed by atoms with Gasteiger partial charge in [0.05, 0.1) is 0 Å². The fourth-order valence-corrected chi connectivity index (χ4v) is 1.97. The topological polar surface area (TPSA) is 0 Å². The van der Waals surface area contributed by atoms with E-state index in [1.807, 2.05) is 0 Å². The van der Waals surface area contributed by atoms with Crippen molar-refractivity contribution in [1.82, 2.24) is 0 Å². The number of fused-ring (bicyclic) bond motifs is 1. The van der Waals surface area contributed by atoms with Crippen LogP contribution < -0.4 is 0 Å². The molecule has 0 aliphatic heterocycles. The van der Waals surface area contributed by atoms with Crippen LogP contribution in [0.3, 0.4) is 0 Å². The van der Waals surface area contributed by atoms with Crippen molar-refractivity contribution < 1.29 is 13.2 Å². The van der Waals surface area contributed by atoms with Gasteiger partial charge in [0.15, 0.2) is 0 Å². The van der Waals surface area contributed by atoms with Gasteiger partial charge in [0, 0.05) is 11.7 Å².